The van der Waals surface area contributed by atoms with Gasteiger partial charge in [0.25, 0.3) is 0 Å². The topological polar surface area (TPSA) is 100 Å². The number of benzene rings is 1. The van der Waals surface area contributed by atoms with Gasteiger partial charge in [-0.3, -0.25) is 14.5 Å². The summed E-state index contributed by atoms with van der Waals surface area (Å²) in [6, 6.07) is 15.0. The van der Waals surface area contributed by atoms with Gasteiger partial charge in [0, 0.05) is 38.4 Å². The summed E-state index contributed by atoms with van der Waals surface area (Å²) in [5, 5.41) is 5.30. The maximum atomic E-state index is 12.3. The molecule has 1 aromatic carbocycles. The molecular weight excluding hydrogens is 424 g/mol. The van der Waals surface area contributed by atoms with Crippen LogP contribution in [-0.4, -0.2) is 56.5 Å². The first kappa shape index (κ1) is 22.5. The molecule has 3 heterocycles. The molecule has 0 radical (unpaired) electrons. The van der Waals surface area contributed by atoms with E-state index in [4.69, 9.17) is 13.6 Å². The Labute approximate surface area is 192 Å². The number of furan rings is 2. The lowest BCUT2D eigenvalue weighted by molar-refractivity contribution is -0.139. The van der Waals surface area contributed by atoms with E-state index in [1.807, 2.05) is 24.3 Å². The molecule has 0 unspecified atom stereocenters. The van der Waals surface area contributed by atoms with Gasteiger partial charge >= 0.3 is 11.8 Å². The molecule has 33 heavy (non-hydrogen) atoms. The number of rotatable bonds is 8. The molecule has 0 bridgehead atoms. The first-order valence-corrected chi connectivity index (χ1v) is 10.9. The minimum absolute atomic E-state index is 0.161. The summed E-state index contributed by atoms with van der Waals surface area (Å²) in [5.74, 6) is 0.784. The smallest absolute Gasteiger partial charge is 0.309 e. The fourth-order valence-corrected chi connectivity index (χ4v) is 3.91. The number of amides is 2. The molecule has 4 rings (SSSR count). The van der Waals surface area contributed by atoms with E-state index < -0.39 is 11.8 Å². The lowest BCUT2D eigenvalue weighted by atomic mass is 10.1. The van der Waals surface area contributed by atoms with Crippen LogP contribution in [0.2, 0.25) is 0 Å². The molecular formula is C24H28N4O5. The highest BCUT2D eigenvalue weighted by molar-refractivity contribution is 6.35. The molecule has 9 nitrogen and oxygen atoms in total. The Kier molecular flexibility index (Phi) is 7.31. The second-order valence-corrected chi connectivity index (χ2v) is 7.72. The largest absolute Gasteiger partial charge is 0.497 e. The summed E-state index contributed by atoms with van der Waals surface area (Å²) < 4.78 is 16.0. The van der Waals surface area contributed by atoms with Crippen molar-refractivity contribution in [1.82, 2.24) is 15.5 Å². The zero-order chi connectivity index (χ0) is 23.0. The lowest BCUT2D eigenvalue weighted by Crippen LogP contribution is -2.50. The van der Waals surface area contributed by atoms with E-state index in [0.717, 1.165) is 43.4 Å². The van der Waals surface area contributed by atoms with Gasteiger partial charge in [0.2, 0.25) is 0 Å². The maximum Gasteiger partial charge on any atom is 0.309 e. The summed E-state index contributed by atoms with van der Waals surface area (Å²) >= 11 is 0. The normalized spacial score (nSPS) is 15.1. The SMILES string of the molecule is COc1ccc(N2CCN([C@@H](CNC(=O)C(=O)NCc3ccco3)c3ccco3)CC2)cc1. The van der Waals surface area contributed by atoms with Crippen molar-refractivity contribution in [3.63, 3.8) is 0 Å². The summed E-state index contributed by atoms with van der Waals surface area (Å²) in [6.45, 7) is 3.68. The molecule has 174 valence electrons. The number of methoxy groups -OCH3 is 1. The van der Waals surface area contributed by atoms with Crippen LogP contribution in [-0.2, 0) is 16.1 Å². The Hall–Kier alpha value is -3.72. The van der Waals surface area contributed by atoms with Crippen LogP contribution < -0.4 is 20.3 Å². The van der Waals surface area contributed by atoms with Crippen LogP contribution in [0.25, 0.3) is 0 Å². The molecule has 2 amide bonds. The van der Waals surface area contributed by atoms with Crippen molar-refractivity contribution in [3.8, 4) is 5.75 Å². The molecule has 9 heteroatoms. The Morgan fingerprint density at radius 1 is 0.939 bits per heavy atom. The molecule has 1 fully saturated rings. The minimum Gasteiger partial charge on any atom is -0.497 e. The fraction of sp³-hybridized carbons (Fsp3) is 0.333. The molecule has 1 aliphatic heterocycles. The highest BCUT2D eigenvalue weighted by Gasteiger charge is 2.28. The Balaban J connectivity index is 1.32. The zero-order valence-corrected chi connectivity index (χ0v) is 18.5. The number of hydrogen-bond donors (Lipinski definition) is 2. The molecule has 1 atom stereocenters. The highest BCUT2D eigenvalue weighted by atomic mass is 16.5. The summed E-state index contributed by atoms with van der Waals surface area (Å²) in [6.07, 6.45) is 3.14. The Morgan fingerprint density at radius 3 is 2.27 bits per heavy atom. The van der Waals surface area contributed by atoms with Gasteiger partial charge < -0.3 is 29.1 Å². The van der Waals surface area contributed by atoms with Crippen molar-refractivity contribution in [2.45, 2.75) is 12.6 Å². The number of hydrogen-bond acceptors (Lipinski definition) is 7. The van der Waals surface area contributed by atoms with Crippen LogP contribution in [0.3, 0.4) is 0 Å². The van der Waals surface area contributed by atoms with Gasteiger partial charge in [-0.05, 0) is 48.5 Å². The first-order chi connectivity index (χ1) is 16.1. The van der Waals surface area contributed by atoms with E-state index in [0.29, 0.717) is 5.76 Å². The zero-order valence-electron chi connectivity index (χ0n) is 18.5. The number of nitrogens with one attached hydrogen (secondary N) is 2. The van der Waals surface area contributed by atoms with Crippen molar-refractivity contribution in [3.05, 3.63) is 72.6 Å². The maximum absolute atomic E-state index is 12.3. The van der Waals surface area contributed by atoms with Gasteiger partial charge in [-0.2, -0.15) is 0 Å². The summed E-state index contributed by atoms with van der Waals surface area (Å²) in [5.41, 5.74) is 1.14. The molecule has 2 N–H and O–H groups in total. The van der Waals surface area contributed by atoms with Crippen LogP contribution >= 0.6 is 0 Å². The second-order valence-electron chi connectivity index (χ2n) is 7.72. The van der Waals surface area contributed by atoms with Gasteiger partial charge in [0.15, 0.2) is 0 Å². The number of anilines is 1. The van der Waals surface area contributed by atoms with Gasteiger partial charge in [0.05, 0.1) is 32.2 Å². The third kappa shape index (κ3) is 5.75. The summed E-state index contributed by atoms with van der Waals surface area (Å²) in [7, 11) is 1.66. The third-order valence-corrected chi connectivity index (χ3v) is 5.73. The number of piperazine rings is 1. The monoisotopic (exact) mass is 452 g/mol. The number of nitrogens with zero attached hydrogens (tertiary/aromatic N) is 2. The average Bonchev–Trinajstić information content (AvgIpc) is 3.58. The third-order valence-electron chi connectivity index (χ3n) is 5.73. The molecule has 0 saturated carbocycles. The predicted octanol–water partition coefficient (Wildman–Crippen LogP) is 2.18. The molecule has 0 spiro atoms. The van der Waals surface area contributed by atoms with Crippen LogP contribution in [0.4, 0.5) is 5.69 Å². The van der Waals surface area contributed by atoms with E-state index in [1.54, 1.807) is 25.5 Å². The van der Waals surface area contributed by atoms with Crippen molar-refractivity contribution < 1.29 is 23.2 Å². The first-order valence-electron chi connectivity index (χ1n) is 10.9. The van der Waals surface area contributed by atoms with E-state index in [-0.39, 0.29) is 19.1 Å². The van der Waals surface area contributed by atoms with Crippen LogP contribution in [0.15, 0.2) is 69.9 Å². The van der Waals surface area contributed by atoms with Crippen molar-refractivity contribution in [2.75, 3.05) is 44.7 Å². The Morgan fingerprint density at radius 2 is 1.64 bits per heavy atom. The van der Waals surface area contributed by atoms with Crippen molar-refractivity contribution >= 4 is 17.5 Å². The van der Waals surface area contributed by atoms with Gasteiger partial charge in [0.1, 0.15) is 17.3 Å². The lowest BCUT2D eigenvalue weighted by Gasteiger charge is -2.39. The molecule has 1 aliphatic rings. The van der Waals surface area contributed by atoms with E-state index >= 15 is 0 Å². The van der Waals surface area contributed by atoms with E-state index in [2.05, 4.69) is 32.6 Å². The molecule has 0 aliphatic carbocycles. The van der Waals surface area contributed by atoms with Gasteiger partial charge in [-0.25, -0.2) is 0 Å². The molecule has 1 saturated heterocycles. The number of ether oxygens (including phenoxy) is 1. The van der Waals surface area contributed by atoms with Crippen molar-refractivity contribution in [2.24, 2.45) is 0 Å². The second kappa shape index (κ2) is 10.7. The van der Waals surface area contributed by atoms with Crippen LogP contribution in [0.5, 0.6) is 5.75 Å². The van der Waals surface area contributed by atoms with Crippen LogP contribution in [0.1, 0.15) is 17.6 Å². The quantitative estimate of drug-likeness (QED) is 0.505. The van der Waals surface area contributed by atoms with E-state index in [9.17, 15) is 9.59 Å². The standard InChI is InChI=1S/C24H28N4O5/c1-31-19-8-6-18(7-9-19)27-10-12-28(13-11-27)21(22-5-3-15-33-22)17-26-24(30)23(29)25-16-20-4-2-14-32-20/h2-9,14-15,21H,10-13,16-17H2,1H3,(H,25,29)(H,26,30)/t21-/m0/s1. The van der Waals surface area contributed by atoms with Crippen LogP contribution in [0, 0.1) is 0 Å². The number of carbonyl (C=O) groups excluding carboxylic acids is 2. The minimum atomic E-state index is -0.700. The molecule has 3 aromatic rings. The fourth-order valence-electron chi connectivity index (χ4n) is 3.91. The Bertz CT molecular complexity index is 1010. The molecule has 2 aromatic heterocycles. The van der Waals surface area contributed by atoms with Crippen molar-refractivity contribution in [1.29, 1.82) is 0 Å². The predicted molar refractivity (Wildman–Crippen MR) is 122 cm³/mol. The summed E-state index contributed by atoms with van der Waals surface area (Å²) in [4.78, 5) is 29.0. The van der Waals surface area contributed by atoms with Gasteiger partial charge in [-0.1, -0.05) is 0 Å². The highest BCUT2D eigenvalue weighted by Crippen LogP contribution is 2.25. The number of carbonyl (C=O) groups is 2. The van der Waals surface area contributed by atoms with E-state index in [1.165, 1.54) is 6.26 Å². The average molecular weight is 453 g/mol. The van der Waals surface area contributed by atoms with Gasteiger partial charge in [-0.15, -0.1) is 0 Å².